The Balaban J connectivity index is 1.78. The van der Waals surface area contributed by atoms with E-state index in [2.05, 4.69) is 34.0 Å². The quantitative estimate of drug-likeness (QED) is 0.893. The fourth-order valence-corrected chi connectivity index (χ4v) is 3.25. The average Bonchev–Trinajstić information content (AvgIpc) is 3.07. The molecular formula is C17H23N5O2. The lowest BCUT2D eigenvalue weighted by Crippen LogP contribution is -2.39. The number of nitrogens with zero attached hydrogens (tertiary/aromatic N) is 3. The summed E-state index contributed by atoms with van der Waals surface area (Å²) >= 11 is 0. The Morgan fingerprint density at radius 3 is 2.96 bits per heavy atom. The maximum absolute atomic E-state index is 12.8. The summed E-state index contributed by atoms with van der Waals surface area (Å²) in [4.78, 5) is 33.5. The van der Waals surface area contributed by atoms with Crippen LogP contribution in [0.5, 0.6) is 0 Å². The third kappa shape index (κ3) is 3.72. The monoisotopic (exact) mass is 329 g/mol. The molecule has 0 aromatic carbocycles. The summed E-state index contributed by atoms with van der Waals surface area (Å²) in [5, 5.41) is 6.78. The van der Waals surface area contributed by atoms with Gasteiger partial charge < -0.3 is 9.88 Å². The number of aromatic amines is 2. The molecule has 0 aliphatic carbocycles. The Hall–Kier alpha value is -2.44. The van der Waals surface area contributed by atoms with E-state index in [0.717, 1.165) is 30.8 Å². The minimum absolute atomic E-state index is 0.0877. The molecule has 1 aliphatic heterocycles. The fraction of sp³-hybridized carbons (Fsp3) is 0.529. The number of piperidine rings is 1. The van der Waals surface area contributed by atoms with Crippen LogP contribution in [0.4, 0.5) is 0 Å². The molecule has 1 fully saturated rings. The first-order valence-electron chi connectivity index (χ1n) is 8.40. The van der Waals surface area contributed by atoms with Gasteiger partial charge in [0.1, 0.15) is 12.2 Å². The van der Waals surface area contributed by atoms with Crippen molar-refractivity contribution >= 4 is 5.91 Å². The topological polar surface area (TPSA) is 94.7 Å². The van der Waals surface area contributed by atoms with Crippen LogP contribution in [0.1, 0.15) is 54.5 Å². The van der Waals surface area contributed by atoms with Gasteiger partial charge in [-0.15, -0.1) is 0 Å². The number of carbonyl (C=O) groups is 1. The predicted octanol–water partition coefficient (Wildman–Crippen LogP) is 1.71. The molecule has 1 atom stereocenters. The van der Waals surface area contributed by atoms with E-state index in [4.69, 9.17) is 0 Å². The molecule has 0 spiro atoms. The van der Waals surface area contributed by atoms with Gasteiger partial charge in [-0.05, 0) is 31.2 Å². The van der Waals surface area contributed by atoms with Gasteiger partial charge in [0.2, 0.25) is 5.56 Å². The van der Waals surface area contributed by atoms with Crippen LogP contribution in [0, 0.1) is 5.92 Å². The van der Waals surface area contributed by atoms with Gasteiger partial charge in [0.05, 0.1) is 0 Å². The van der Waals surface area contributed by atoms with Gasteiger partial charge in [-0.25, -0.2) is 4.98 Å². The summed E-state index contributed by atoms with van der Waals surface area (Å²) < 4.78 is 0. The molecule has 2 N–H and O–H groups in total. The number of rotatable bonds is 4. The van der Waals surface area contributed by atoms with Crippen LogP contribution >= 0.6 is 0 Å². The lowest BCUT2D eigenvalue weighted by Gasteiger charge is -2.31. The zero-order valence-corrected chi connectivity index (χ0v) is 14.1. The highest BCUT2D eigenvalue weighted by molar-refractivity contribution is 5.94. The van der Waals surface area contributed by atoms with Crippen molar-refractivity contribution in [2.45, 2.75) is 39.0 Å². The largest absolute Gasteiger partial charge is 0.338 e. The number of amides is 1. The van der Waals surface area contributed by atoms with E-state index in [9.17, 15) is 9.59 Å². The molecule has 1 aliphatic rings. The molecule has 2 aromatic heterocycles. The highest BCUT2D eigenvalue weighted by Crippen LogP contribution is 2.25. The van der Waals surface area contributed by atoms with Crippen LogP contribution in [0.3, 0.4) is 0 Å². The second-order valence-corrected chi connectivity index (χ2v) is 6.82. The summed E-state index contributed by atoms with van der Waals surface area (Å²) in [7, 11) is 0. The molecule has 3 rings (SSSR count). The Morgan fingerprint density at radius 2 is 2.25 bits per heavy atom. The molecule has 0 bridgehead atoms. The number of pyridine rings is 1. The minimum Gasteiger partial charge on any atom is -0.338 e. The molecule has 0 saturated carbocycles. The smallest absolute Gasteiger partial charge is 0.254 e. The van der Waals surface area contributed by atoms with Crippen molar-refractivity contribution in [3.8, 4) is 0 Å². The highest BCUT2D eigenvalue weighted by Gasteiger charge is 2.27. The molecule has 128 valence electrons. The maximum atomic E-state index is 12.8. The number of H-pyrrole nitrogens is 2. The van der Waals surface area contributed by atoms with Crippen LogP contribution in [0.2, 0.25) is 0 Å². The van der Waals surface area contributed by atoms with E-state index >= 15 is 0 Å². The summed E-state index contributed by atoms with van der Waals surface area (Å²) in [6, 6.07) is 3.20. The van der Waals surface area contributed by atoms with E-state index in [0.29, 0.717) is 24.6 Å². The lowest BCUT2D eigenvalue weighted by molar-refractivity contribution is 0.0704. The molecule has 1 amide bonds. The first-order valence-corrected chi connectivity index (χ1v) is 8.40. The SMILES string of the molecule is CC(C)Cc1cc(C(=O)N2CCCC(c3ncn[nH]3)C2)cc(=O)[nH]1. The van der Waals surface area contributed by atoms with E-state index in [1.165, 1.54) is 12.4 Å². The number of nitrogens with one attached hydrogen (secondary N) is 2. The van der Waals surface area contributed by atoms with Crippen molar-refractivity contribution < 1.29 is 4.79 Å². The van der Waals surface area contributed by atoms with Crippen LogP contribution in [-0.2, 0) is 6.42 Å². The number of hydrogen-bond donors (Lipinski definition) is 2. The standard InChI is InChI=1S/C17H23N5O2/c1-11(2)6-14-7-13(8-15(23)20-14)17(24)22-5-3-4-12(9-22)16-18-10-19-21-16/h7-8,10-12H,3-6,9H2,1-2H3,(H,20,23)(H,18,19,21). The van der Waals surface area contributed by atoms with Crippen molar-refractivity contribution in [2.24, 2.45) is 5.92 Å². The minimum atomic E-state index is -0.222. The van der Waals surface area contributed by atoms with Crippen LogP contribution in [-0.4, -0.2) is 44.1 Å². The summed E-state index contributed by atoms with van der Waals surface area (Å²) in [6.45, 7) is 5.47. The van der Waals surface area contributed by atoms with Gasteiger partial charge >= 0.3 is 0 Å². The molecule has 2 aromatic rings. The molecular weight excluding hydrogens is 306 g/mol. The Bertz CT molecular complexity index is 751. The molecule has 7 nitrogen and oxygen atoms in total. The Labute approximate surface area is 140 Å². The van der Waals surface area contributed by atoms with E-state index in [1.54, 1.807) is 0 Å². The summed E-state index contributed by atoms with van der Waals surface area (Å²) in [6.07, 6.45) is 4.13. The molecule has 24 heavy (non-hydrogen) atoms. The number of aromatic nitrogens is 4. The molecule has 1 saturated heterocycles. The summed E-state index contributed by atoms with van der Waals surface area (Å²) in [5.74, 6) is 1.31. The molecule has 3 heterocycles. The lowest BCUT2D eigenvalue weighted by atomic mass is 9.96. The Kier molecular flexibility index (Phi) is 4.78. The van der Waals surface area contributed by atoms with Gasteiger partial charge in [0.15, 0.2) is 0 Å². The van der Waals surface area contributed by atoms with Crippen molar-refractivity contribution in [1.29, 1.82) is 0 Å². The zero-order valence-electron chi connectivity index (χ0n) is 14.1. The van der Waals surface area contributed by atoms with Crippen molar-refractivity contribution in [1.82, 2.24) is 25.1 Å². The summed E-state index contributed by atoms with van der Waals surface area (Å²) in [5.41, 5.74) is 1.05. The van der Waals surface area contributed by atoms with Crippen molar-refractivity contribution in [2.75, 3.05) is 13.1 Å². The molecule has 0 radical (unpaired) electrons. The van der Waals surface area contributed by atoms with E-state index in [1.807, 2.05) is 11.0 Å². The molecule has 1 unspecified atom stereocenters. The first-order chi connectivity index (χ1) is 11.5. The van der Waals surface area contributed by atoms with Crippen molar-refractivity contribution in [3.63, 3.8) is 0 Å². The van der Waals surface area contributed by atoms with E-state index in [-0.39, 0.29) is 17.4 Å². The van der Waals surface area contributed by atoms with Crippen LogP contribution < -0.4 is 5.56 Å². The third-order valence-corrected chi connectivity index (χ3v) is 4.30. The zero-order chi connectivity index (χ0) is 17.1. The first kappa shape index (κ1) is 16.4. The van der Waals surface area contributed by atoms with Gasteiger partial charge in [-0.2, -0.15) is 5.10 Å². The second-order valence-electron chi connectivity index (χ2n) is 6.82. The average molecular weight is 329 g/mol. The van der Waals surface area contributed by atoms with Crippen LogP contribution in [0.15, 0.2) is 23.3 Å². The third-order valence-electron chi connectivity index (χ3n) is 4.30. The number of hydrogen-bond acceptors (Lipinski definition) is 4. The number of likely N-dealkylation sites (tertiary alicyclic amines) is 1. The van der Waals surface area contributed by atoms with E-state index < -0.39 is 0 Å². The van der Waals surface area contributed by atoms with Gasteiger partial charge in [0, 0.05) is 36.3 Å². The normalized spacial score (nSPS) is 18.1. The molecule has 7 heteroatoms. The second kappa shape index (κ2) is 6.98. The van der Waals surface area contributed by atoms with Gasteiger partial charge in [0.25, 0.3) is 5.91 Å². The van der Waals surface area contributed by atoms with Crippen molar-refractivity contribution in [3.05, 3.63) is 45.9 Å². The van der Waals surface area contributed by atoms with Crippen LogP contribution in [0.25, 0.3) is 0 Å². The number of carbonyl (C=O) groups excluding carboxylic acids is 1. The fourth-order valence-electron chi connectivity index (χ4n) is 3.25. The Morgan fingerprint density at radius 1 is 1.42 bits per heavy atom. The predicted molar refractivity (Wildman–Crippen MR) is 89.9 cm³/mol. The highest BCUT2D eigenvalue weighted by atomic mass is 16.2. The van der Waals surface area contributed by atoms with Gasteiger partial charge in [-0.1, -0.05) is 13.8 Å². The van der Waals surface area contributed by atoms with Gasteiger partial charge in [-0.3, -0.25) is 14.7 Å². The maximum Gasteiger partial charge on any atom is 0.254 e.